The van der Waals surface area contributed by atoms with E-state index in [0.29, 0.717) is 12.8 Å². The molecular weight excluding hydrogens is 274 g/mol. The van der Waals surface area contributed by atoms with Gasteiger partial charge in [0.05, 0.1) is 5.37 Å². The molecule has 1 rings (SSSR count). The lowest BCUT2D eigenvalue weighted by Crippen LogP contribution is -2.45. The van der Waals surface area contributed by atoms with Gasteiger partial charge in [0.1, 0.15) is 6.04 Å². The van der Waals surface area contributed by atoms with E-state index < -0.39 is 18.0 Å². The first-order valence-electron chi connectivity index (χ1n) is 5.88. The summed E-state index contributed by atoms with van der Waals surface area (Å²) in [7, 11) is 1.82. The Bertz CT molecular complexity index is 295. The summed E-state index contributed by atoms with van der Waals surface area (Å²) in [6.45, 7) is 0. The molecule has 0 aliphatic carbocycles. The van der Waals surface area contributed by atoms with Crippen molar-refractivity contribution in [1.82, 2.24) is 4.90 Å². The number of aliphatic carboxylic acids is 2. The Labute approximate surface area is 115 Å². The molecule has 0 aromatic rings. The van der Waals surface area contributed by atoms with Crippen molar-refractivity contribution in [3.05, 3.63) is 0 Å². The molecule has 1 heterocycles. The van der Waals surface area contributed by atoms with Crippen LogP contribution in [0.4, 0.5) is 0 Å². The maximum atomic E-state index is 11.3. The quantitative estimate of drug-likeness (QED) is 0.735. The van der Waals surface area contributed by atoms with Crippen LogP contribution in [0.3, 0.4) is 0 Å². The SMILES string of the molecule is CN(C1CSCCS1)[C@H](CCCC(=O)O)C(=O)O. The molecule has 0 radical (unpaired) electrons. The minimum absolute atomic E-state index is 0.0319. The molecule has 0 aromatic heterocycles. The van der Waals surface area contributed by atoms with Gasteiger partial charge in [0.25, 0.3) is 0 Å². The van der Waals surface area contributed by atoms with Crippen molar-refractivity contribution < 1.29 is 19.8 Å². The lowest BCUT2D eigenvalue weighted by molar-refractivity contribution is -0.144. The van der Waals surface area contributed by atoms with Gasteiger partial charge in [0.2, 0.25) is 0 Å². The molecule has 0 bridgehead atoms. The van der Waals surface area contributed by atoms with Crippen LogP contribution in [-0.2, 0) is 9.59 Å². The molecule has 5 nitrogen and oxygen atoms in total. The molecule has 1 saturated heterocycles. The Morgan fingerprint density at radius 3 is 2.61 bits per heavy atom. The number of likely N-dealkylation sites (N-methyl/N-ethyl adjacent to an activating group) is 1. The fourth-order valence-electron chi connectivity index (χ4n) is 1.86. The maximum absolute atomic E-state index is 11.3. The zero-order valence-electron chi connectivity index (χ0n) is 10.4. The Balaban J connectivity index is 2.48. The Hall–Kier alpha value is -0.400. The number of carboxylic acids is 2. The van der Waals surface area contributed by atoms with Gasteiger partial charge in [-0.05, 0) is 19.9 Å². The average molecular weight is 293 g/mol. The predicted octanol–water partition coefficient (Wildman–Crippen LogP) is 1.43. The smallest absolute Gasteiger partial charge is 0.320 e. The van der Waals surface area contributed by atoms with E-state index in [9.17, 15) is 14.7 Å². The monoisotopic (exact) mass is 293 g/mol. The van der Waals surface area contributed by atoms with Gasteiger partial charge in [-0.25, -0.2) is 0 Å². The van der Waals surface area contributed by atoms with Gasteiger partial charge in [-0.15, -0.1) is 11.8 Å². The molecule has 104 valence electrons. The lowest BCUT2D eigenvalue weighted by Gasteiger charge is -2.34. The van der Waals surface area contributed by atoms with Crippen molar-refractivity contribution in [3.63, 3.8) is 0 Å². The Morgan fingerprint density at radius 1 is 1.39 bits per heavy atom. The second-order valence-corrected chi connectivity index (χ2v) is 6.64. The molecule has 2 atom stereocenters. The van der Waals surface area contributed by atoms with Crippen LogP contribution in [0.15, 0.2) is 0 Å². The van der Waals surface area contributed by atoms with Crippen LogP contribution in [0.1, 0.15) is 19.3 Å². The van der Waals surface area contributed by atoms with E-state index in [1.807, 2.05) is 23.7 Å². The van der Waals surface area contributed by atoms with Crippen LogP contribution in [0, 0.1) is 0 Å². The number of carbonyl (C=O) groups is 2. The number of thioether (sulfide) groups is 2. The maximum Gasteiger partial charge on any atom is 0.320 e. The highest BCUT2D eigenvalue weighted by Gasteiger charge is 2.29. The van der Waals surface area contributed by atoms with E-state index in [1.54, 1.807) is 11.8 Å². The van der Waals surface area contributed by atoms with Crippen molar-refractivity contribution in [2.45, 2.75) is 30.7 Å². The van der Waals surface area contributed by atoms with E-state index in [4.69, 9.17) is 5.11 Å². The molecule has 1 aliphatic rings. The van der Waals surface area contributed by atoms with Gasteiger partial charge in [-0.3, -0.25) is 14.5 Å². The minimum atomic E-state index is -0.871. The summed E-state index contributed by atoms with van der Waals surface area (Å²) in [6.07, 6.45) is 0.825. The van der Waals surface area contributed by atoms with Crippen molar-refractivity contribution in [2.75, 3.05) is 24.3 Å². The molecule has 0 saturated carbocycles. The predicted molar refractivity (Wildman–Crippen MR) is 74.2 cm³/mol. The van der Waals surface area contributed by atoms with E-state index in [-0.39, 0.29) is 11.8 Å². The third-order valence-electron chi connectivity index (χ3n) is 2.90. The average Bonchev–Trinajstić information content (AvgIpc) is 2.34. The van der Waals surface area contributed by atoms with Crippen LogP contribution in [0.2, 0.25) is 0 Å². The van der Waals surface area contributed by atoms with Crippen molar-refractivity contribution >= 4 is 35.5 Å². The highest BCUT2D eigenvalue weighted by Crippen LogP contribution is 2.28. The minimum Gasteiger partial charge on any atom is -0.481 e. The molecule has 7 heteroatoms. The van der Waals surface area contributed by atoms with E-state index in [1.165, 1.54) is 0 Å². The van der Waals surface area contributed by atoms with Gasteiger partial charge in [0, 0.05) is 23.7 Å². The molecule has 0 aromatic carbocycles. The Morgan fingerprint density at radius 2 is 2.11 bits per heavy atom. The summed E-state index contributed by atoms with van der Waals surface area (Å²) in [4.78, 5) is 23.6. The number of rotatable bonds is 7. The first kappa shape index (κ1) is 15.7. The van der Waals surface area contributed by atoms with Crippen LogP contribution in [-0.4, -0.2) is 62.8 Å². The zero-order chi connectivity index (χ0) is 13.5. The van der Waals surface area contributed by atoms with Gasteiger partial charge < -0.3 is 10.2 Å². The number of hydrogen-bond acceptors (Lipinski definition) is 5. The van der Waals surface area contributed by atoms with Gasteiger partial charge in [-0.2, -0.15) is 11.8 Å². The van der Waals surface area contributed by atoms with Crippen LogP contribution >= 0.6 is 23.5 Å². The first-order valence-corrected chi connectivity index (χ1v) is 8.08. The van der Waals surface area contributed by atoms with Gasteiger partial charge in [-0.1, -0.05) is 0 Å². The molecule has 1 fully saturated rings. The number of hydrogen-bond donors (Lipinski definition) is 2. The fourth-order valence-corrected chi connectivity index (χ4v) is 4.65. The van der Waals surface area contributed by atoms with Crippen molar-refractivity contribution in [1.29, 1.82) is 0 Å². The largest absolute Gasteiger partial charge is 0.481 e. The third kappa shape index (κ3) is 5.07. The van der Waals surface area contributed by atoms with Crippen LogP contribution < -0.4 is 0 Å². The summed E-state index contributed by atoms with van der Waals surface area (Å²) in [5.41, 5.74) is 0. The normalized spacial score (nSPS) is 21.8. The van der Waals surface area contributed by atoms with Crippen molar-refractivity contribution in [3.8, 4) is 0 Å². The number of carboxylic acid groups (broad SMARTS) is 2. The van der Waals surface area contributed by atoms with Gasteiger partial charge in [0.15, 0.2) is 0 Å². The highest BCUT2D eigenvalue weighted by atomic mass is 32.2. The lowest BCUT2D eigenvalue weighted by atomic mass is 10.1. The first-order chi connectivity index (χ1) is 8.52. The second kappa shape index (κ2) is 7.91. The molecule has 1 unspecified atom stereocenters. The molecule has 0 spiro atoms. The van der Waals surface area contributed by atoms with E-state index in [0.717, 1.165) is 17.3 Å². The Kier molecular flexibility index (Phi) is 6.88. The highest BCUT2D eigenvalue weighted by molar-refractivity contribution is 8.06. The summed E-state index contributed by atoms with van der Waals surface area (Å²) in [5, 5.41) is 18.0. The van der Waals surface area contributed by atoms with Crippen LogP contribution in [0.25, 0.3) is 0 Å². The second-order valence-electron chi connectivity index (χ2n) is 4.21. The van der Waals surface area contributed by atoms with Gasteiger partial charge >= 0.3 is 11.9 Å². The van der Waals surface area contributed by atoms with Crippen LogP contribution in [0.5, 0.6) is 0 Å². The molecule has 18 heavy (non-hydrogen) atoms. The molecular formula is C11H19NO4S2. The zero-order valence-corrected chi connectivity index (χ0v) is 12.0. The summed E-state index contributed by atoms with van der Waals surface area (Å²) in [5.74, 6) is 1.36. The topological polar surface area (TPSA) is 77.8 Å². The van der Waals surface area contributed by atoms with Crippen molar-refractivity contribution in [2.24, 2.45) is 0 Å². The third-order valence-corrected chi connectivity index (χ3v) is 5.73. The summed E-state index contributed by atoms with van der Waals surface area (Å²) >= 11 is 3.62. The summed E-state index contributed by atoms with van der Waals surface area (Å²) < 4.78 is 0. The molecule has 0 amide bonds. The molecule has 1 aliphatic heterocycles. The number of nitrogens with zero attached hydrogens (tertiary/aromatic N) is 1. The summed E-state index contributed by atoms with van der Waals surface area (Å²) in [6, 6.07) is -0.583. The van der Waals surface area contributed by atoms with E-state index >= 15 is 0 Å². The van der Waals surface area contributed by atoms with E-state index in [2.05, 4.69) is 0 Å². The fraction of sp³-hybridized carbons (Fsp3) is 0.818. The standard InChI is InChI=1S/C11H19NO4S2/c1-12(9-7-17-5-6-18-9)8(11(15)16)3-2-4-10(13)14/h8-9H,2-7H2,1H3,(H,13,14)(H,15,16)/t8-,9?/m1/s1. The molecule has 2 N–H and O–H groups in total.